The number of para-hydroxylation sites is 4. The third-order valence-corrected chi connectivity index (χ3v) is 8.68. The van der Waals surface area contributed by atoms with E-state index in [0.717, 1.165) is 67.5 Å². The van der Waals surface area contributed by atoms with Crippen molar-refractivity contribution in [1.29, 1.82) is 0 Å². The Morgan fingerprint density at radius 3 is 1.42 bits per heavy atom. The fraction of sp³-hybridized carbons (Fsp3) is 0.0217. The topological polar surface area (TPSA) is 45.4 Å². The lowest BCUT2D eigenvalue weighted by Gasteiger charge is -2.26. The molecular formula is C46H38N4. The number of allylic oxidation sites excluding steroid dienone is 3. The van der Waals surface area contributed by atoms with Crippen molar-refractivity contribution in [3.63, 3.8) is 0 Å². The average Bonchev–Trinajstić information content (AvgIpc) is 3.19. The molecular weight excluding hydrogens is 609 g/mol. The lowest BCUT2D eigenvalue weighted by atomic mass is 9.98. The van der Waals surface area contributed by atoms with Gasteiger partial charge in [0, 0.05) is 58.3 Å². The molecule has 242 valence electrons. The Balaban J connectivity index is 1.20. The van der Waals surface area contributed by atoms with E-state index in [1.807, 2.05) is 36.7 Å². The van der Waals surface area contributed by atoms with E-state index in [-0.39, 0.29) is 0 Å². The molecule has 0 atom stereocenters. The summed E-state index contributed by atoms with van der Waals surface area (Å²) in [4.78, 5) is 9.20. The first-order valence-corrected chi connectivity index (χ1v) is 16.7. The van der Waals surface area contributed by atoms with Gasteiger partial charge in [-0.15, -0.1) is 0 Å². The molecule has 6 aromatic carbocycles. The third-order valence-electron chi connectivity index (χ3n) is 8.68. The molecule has 0 saturated carbocycles. The van der Waals surface area contributed by atoms with E-state index in [4.69, 9.17) is 5.73 Å². The highest BCUT2D eigenvalue weighted by Crippen LogP contribution is 2.38. The Labute approximate surface area is 294 Å². The molecule has 2 N–H and O–H groups in total. The molecule has 4 nitrogen and oxygen atoms in total. The van der Waals surface area contributed by atoms with Gasteiger partial charge in [-0.3, -0.25) is 4.98 Å². The van der Waals surface area contributed by atoms with Crippen LogP contribution in [0.1, 0.15) is 18.1 Å². The zero-order valence-electron chi connectivity index (χ0n) is 28.0. The highest BCUT2D eigenvalue weighted by molar-refractivity contribution is 5.87. The van der Waals surface area contributed by atoms with Gasteiger partial charge >= 0.3 is 0 Å². The second kappa shape index (κ2) is 15.1. The van der Waals surface area contributed by atoms with Gasteiger partial charge in [-0.1, -0.05) is 97.1 Å². The van der Waals surface area contributed by atoms with Crippen LogP contribution in [0.25, 0.3) is 22.3 Å². The highest BCUT2D eigenvalue weighted by atomic mass is 15.1. The van der Waals surface area contributed by atoms with Crippen LogP contribution in [-0.2, 0) is 0 Å². The van der Waals surface area contributed by atoms with Gasteiger partial charge in [-0.25, -0.2) is 0 Å². The maximum absolute atomic E-state index is 6.30. The number of hydrogen-bond acceptors (Lipinski definition) is 4. The van der Waals surface area contributed by atoms with Crippen LogP contribution in [0.4, 0.5) is 34.1 Å². The summed E-state index contributed by atoms with van der Waals surface area (Å²) in [6.07, 6.45) is 7.66. The molecule has 0 spiro atoms. The second-order valence-corrected chi connectivity index (χ2v) is 12.0. The van der Waals surface area contributed by atoms with Crippen LogP contribution in [0.2, 0.25) is 0 Å². The molecule has 50 heavy (non-hydrogen) atoms. The monoisotopic (exact) mass is 646 g/mol. The first kappa shape index (κ1) is 31.9. The fourth-order valence-corrected chi connectivity index (χ4v) is 6.21. The predicted octanol–water partition coefficient (Wildman–Crippen LogP) is 12.1. The summed E-state index contributed by atoms with van der Waals surface area (Å²) in [6.45, 7) is 2.11. The predicted molar refractivity (Wildman–Crippen MR) is 211 cm³/mol. The van der Waals surface area contributed by atoms with Crippen molar-refractivity contribution in [1.82, 2.24) is 4.98 Å². The van der Waals surface area contributed by atoms with Crippen LogP contribution in [0.15, 0.2) is 201 Å². The second-order valence-electron chi connectivity index (χ2n) is 12.0. The Hall–Kier alpha value is -6.65. The van der Waals surface area contributed by atoms with E-state index >= 15 is 0 Å². The molecule has 0 saturated heterocycles. The molecule has 0 aliphatic heterocycles. The minimum absolute atomic E-state index is 0.930. The smallest absolute Gasteiger partial charge is 0.0467 e. The summed E-state index contributed by atoms with van der Waals surface area (Å²) >= 11 is 0. The van der Waals surface area contributed by atoms with Gasteiger partial charge in [0.15, 0.2) is 0 Å². The zero-order chi connectivity index (χ0) is 34.1. The van der Waals surface area contributed by atoms with Gasteiger partial charge in [-0.05, 0) is 120 Å². The summed E-state index contributed by atoms with van der Waals surface area (Å²) in [7, 11) is 0. The van der Waals surface area contributed by atoms with Crippen LogP contribution < -0.4 is 15.5 Å². The van der Waals surface area contributed by atoms with Crippen molar-refractivity contribution in [3.05, 3.63) is 212 Å². The van der Waals surface area contributed by atoms with E-state index in [1.165, 1.54) is 0 Å². The van der Waals surface area contributed by atoms with Crippen molar-refractivity contribution in [2.24, 2.45) is 5.73 Å². The largest absolute Gasteiger partial charge is 0.404 e. The first-order chi connectivity index (χ1) is 24.7. The van der Waals surface area contributed by atoms with Crippen molar-refractivity contribution < 1.29 is 0 Å². The van der Waals surface area contributed by atoms with Crippen molar-refractivity contribution in [2.45, 2.75) is 6.92 Å². The summed E-state index contributed by atoms with van der Waals surface area (Å²) in [5, 5.41) is 0. The maximum Gasteiger partial charge on any atom is 0.0467 e. The van der Waals surface area contributed by atoms with Crippen molar-refractivity contribution in [3.8, 4) is 11.1 Å². The van der Waals surface area contributed by atoms with Gasteiger partial charge in [0.1, 0.15) is 0 Å². The quantitative estimate of drug-likeness (QED) is 0.150. The Morgan fingerprint density at radius 1 is 0.460 bits per heavy atom. The number of anilines is 6. The van der Waals surface area contributed by atoms with E-state index < -0.39 is 0 Å². The average molecular weight is 647 g/mol. The molecule has 7 aromatic rings. The summed E-state index contributed by atoms with van der Waals surface area (Å²) in [6, 6.07) is 61.1. The van der Waals surface area contributed by atoms with E-state index in [1.54, 1.807) is 6.20 Å². The number of nitrogens with two attached hydrogens (primary N) is 1. The molecule has 0 radical (unpaired) electrons. The summed E-state index contributed by atoms with van der Waals surface area (Å²) in [5.74, 6) is 0. The van der Waals surface area contributed by atoms with Gasteiger partial charge < -0.3 is 15.5 Å². The molecule has 1 heterocycles. The number of benzene rings is 6. The van der Waals surface area contributed by atoms with Crippen LogP contribution >= 0.6 is 0 Å². The molecule has 4 heteroatoms. The first-order valence-electron chi connectivity index (χ1n) is 16.7. The van der Waals surface area contributed by atoms with E-state index in [0.29, 0.717) is 0 Å². The Bertz CT molecular complexity index is 2150. The van der Waals surface area contributed by atoms with E-state index in [2.05, 4.69) is 179 Å². The van der Waals surface area contributed by atoms with Crippen molar-refractivity contribution >= 4 is 45.3 Å². The molecule has 0 amide bonds. The molecule has 0 aliphatic rings. The van der Waals surface area contributed by atoms with Crippen molar-refractivity contribution in [2.75, 3.05) is 9.80 Å². The van der Waals surface area contributed by atoms with Gasteiger partial charge in [0.25, 0.3) is 0 Å². The molecule has 0 fully saturated rings. The lowest BCUT2D eigenvalue weighted by molar-refractivity contribution is 1.28. The third kappa shape index (κ3) is 7.10. The van der Waals surface area contributed by atoms with Gasteiger partial charge in [-0.2, -0.15) is 0 Å². The number of rotatable bonds is 10. The number of hydrogen-bond donors (Lipinski definition) is 1. The van der Waals surface area contributed by atoms with Crippen LogP contribution in [-0.4, -0.2) is 4.98 Å². The van der Waals surface area contributed by atoms with Gasteiger partial charge in [0.2, 0.25) is 0 Å². The summed E-state index contributed by atoms with van der Waals surface area (Å²) in [5.41, 5.74) is 19.0. The number of nitrogens with zero attached hydrogens (tertiary/aromatic N) is 3. The minimum Gasteiger partial charge on any atom is -0.404 e. The van der Waals surface area contributed by atoms with E-state index in [9.17, 15) is 0 Å². The molecule has 0 aliphatic carbocycles. The Morgan fingerprint density at radius 2 is 0.920 bits per heavy atom. The number of aromatic nitrogens is 1. The minimum atomic E-state index is 0.930. The standard InChI is InChI=1S/C46H38N4/c1-35(28-38(32-47)36-16-14-26-45(30-36)49(41-18-6-2-7-19-41)42-20-8-3-9-21-42)39-29-40(34-48-33-39)37-17-15-27-46(31-37)50(43-22-10-4-11-23-43)44-24-12-5-13-25-44/h2-34H,47H2,1H3/b35-28+,38-32+. The fourth-order valence-electron chi connectivity index (χ4n) is 6.21. The zero-order valence-corrected chi connectivity index (χ0v) is 28.0. The molecule has 7 rings (SSSR count). The summed E-state index contributed by atoms with van der Waals surface area (Å²) < 4.78 is 0. The molecule has 0 bridgehead atoms. The molecule has 1 aromatic heterocycles. The van der Waals surface area contributed by atoms with Crippen LogP contribution in [0.5, 0.6) is 0 Å². The normalized spacial score (nSPS) is 11.6. The lowest BCUT2D eigenvalue weighted by Crippen LogP contribution is -2.09. The maximum atomic E-state index is 6.30. The van der Waals surface area contributed by atoms with Crippen LogP contribution in [0, 0.1) is 0 Å². The SMILES string of the molecule is C/C(=C\C(=C/N)c1cccc(N(c2ccccc2)c2ccccc2)c1)c1cncc(-c2cccc(N(c3ccccc3)c3ccccc3)c2)c1. The number of pyridine rings is 1. The van der Waals surface area contributed by atoms with Gasteiger partial charge in [0.05, 0.1) is 0 Å². The van der Waals surface area contributed by atoms with Crippen LogP contribution in [0.3, 0.4) is 0 Å². The highest BCUT2D eigenvalue weighted by Gasteiger charge is 2.15. The molecule has 0 unspecified atom stereocenters. The Kier molecular flexibility index (Phi) is 9.61.